The van der Waals surface area contributed by atoms with Gasteiger partial charge in [0.15, 0.2) is 0 Å². The van der Waals surface area contributed by atoms with E-state index in [0.29, 0.717) is 25.3 Å². The van der Waals surface area contributed by atoms with Gasteiger partial charge in [-0.15, -0.1) is 0 Å². The highest BCUT2D eigenvalue weighted by Crippen LogP contribution is 2.11. The average Bonchev–Trinajstić information content (AvgIpc) is 2.66. The summed E-state index contributed by atoms with van der Waals surface area (Å²) in [6.07, 6.45) is 0.707. The molecular weight excluding hydrogens is 352 g/mol. The Morgan fingerprint density at radius 3 is 2.33 bits per heavy atom. The van der Waals surface area contributed by atoms with Crippen LogP contribution in [0.1, 0.15) is 18.9 Å². The van der Waals surface area contributed by atoms with Crippen LogP contribution >= 0.6 is 0 Å². The Hall–Kier alpha value is -2.94. The van der Waals surface area contributed by atoms with E-state index in [1.165, 1.54) is 7.11 Å². The maximum Gasteiger partial charge on any atom is 0.329 e. The monoisotopic (exact) mass is 378 g/mol. The second kappa shape index (κ2) is 12.4. The van der Waals surface area contributed by atoms with Gasteiger partial charge in [-0.1, -0.05) is 12.1 Å². The van der Waals surface area contributed by atoms with E-state index in [-0.39, 0.29) is 18.9 Å². The molecule has 0 saturated carbocycles. The molecule has 0 radical (unpaired) electrons. The number of nitrogens with one attached hydrogen (secondary N) is 3. The van der Waals surface area contributed by atoms with E-state index >= 15 is 0 Å². The highest BCUT2D eigenvalue weighted by molar-refractivity contribution is 6.35. The van der Waals surface area contributed by atoms with Gasteiger partial charge >= 0.3 is 11.8 Å². The Balaban J connectivity index is 2.28. The molecule has 0 atom stereocenters. The average molecular weight is 378 g/mol. The van der Waals surface area contributed by atoms with E-state index < -0.39 is 11.8 Å². The number of nitrogens with zero attached hydrogens (tertiary/aromatic N) is 1. The summed E-state index contributed by atoms with van der Waals surface area (Å²) in [6, 6.07) is 7.60. The molecule has 1 rings (SSSR count). The summed E-state index contributed by atoms with van der Waals surface area (Å²) >= 11 is 0. The predicted molar refractivity (Wildman–Crippen MR) is 100 cm³/mol. The lowest BCUT2D eigenvalue weighted by Crippen LogP contribution is -2.39. The van der Waals surface area contributed by atoms with Crippen LogP contribution in [0.15, 0.2) is 29.4 Å². The van der Waals surface area contributed by atoms with Crippen molar-refractivity contribution in [3.8, 4) is 5.75 Å². The van der Waals surface area contributed by atoms with Gasteiger partial charge in [-0.2, -0.15) is 5.10 Å². The molecular formula is C18H26N4O5. The van der Waals surface area contributed by atoms with Crippen LogP contribution in [0.25, 0.3) is 0 Å². The second-order valence-corrected chi connectivity index (χ2v) is 5.66. The van der Waals surface area contributed by atoms with Crippen LogP contribution in [-0.2, 0) is 25.5 Å². The molecule has 0 heterocycles. The second-order valence-electron chi connectivity index (χ2n) is 5.66. The summed E-state index contributed by atoms with van der Waals surface area (Å²) in [6.45, 7) is 2.60. The van der Waals surface area contributed by atoms with Crippen LogP contribution in [0, 0.1) is 0 Å². The third kappa shape index (κ3) is 9.36. The molecule has 0 unspecified atom stereocenters. The summed E-state index contributed by atoms with van der Waals surface area (Å²) in [5, 5.41) is 8.89. The summed E-state index contributed by atoms with van der Waals surface area (Å²) < 4.78 is 9.85. The Morgan fingerprint density at radius 2 is 1.70 bits per heavy atom. The molecule has 1 aromatic rings. The van der Waals surface area contributed by atoms with Gasteiger partial charge in [-0.25, -0.2) is 5.43 Å². The lowest BCUT2D eigenvalue weighted by Gasteiger charge is -2.07. The quantitative estimate of drug-likeness (QED) is 0.229. The van der Waals surface area contributed by atoms with Gasteiger partial charge in [0, 0.05) is 25.9 Å². The number of hydrazone groups is 1. The molecule has 9 heteroatoms. The molecule has 27 heavy (non-hydrogen) atoms. The van der Waals surface area contributed by atoms with E-state index in [9.17, 15) is 14.4 Å². The zero-order valence-corrected chi connectivity index (χ0v) is 15.8. The highest BCUT2D eigenvalue weighted by Gasteiger charge is 2.12. The lowest BCUT2D eigenvalue weighted by atomic mass is 10.1. The van der Waals surface area contributed by atoms with Gasteiger partial charge in [-0.05, 0) is 31.0 Å². The molecule has 0 aromatic heterocycles. The zero-order valence-electron chi connectivity index (χ0n) is 15.8. The maximum absolute atomic E-state index is 11.9. The molecule has 0 fully saturated rings. The van der Waals surface area contributed by atoms with Gasteiger partial charge in [-0.3, -0.25) is 14.4 Å². The number of amides is 3. The van der Waals surface area contributed by atoms with Crippen LogP contribution in [0.5, 0.6) is 5.75 Å². The molecule has 0 spiro atoms. The van der Waals surface area contributed by atoms with Crippen molar-refractivity contribution in [1.29, 1.82) is 0 Å². The number of rotatable bonds is 10. The molecule has 9 nitrogen and oxygen atoms in total. The number of benzene rings is 1. The summed E-state index contributed by atoms with van der Waals surface area (Å²) in [5.74, 6) is -1.15. The predicted octanol–water partition coefficient (Wildman–Crippen LogP) is -0.00130. The molecule has 3 N–H and O–H groups in total. The number of carbonyl (C=O) groups is 3. The largest absolute Gasteiger partial charge is 0.497 e. The van der Waals surface area contributed by atoms with Crippen molar-refractivity contribution in [3.63, 3.8) is 0 Å². The fourth-order valence-electron chi connectivity index (χ4n) is 2.02. The third-order valence-electron chi connectivity index (χ3n) is 3.46. The van der Waals surface area contributed by atoms with Gasteiger partial charge in [0.1, 0.15) is 5.75 Å². The van der Waals surface area contributed by atoms with Crippen LogP contribution in [0.3, 0.4) is 0 Å². The van der Waals surface area contributed by atoms with Gasteiger partial charge in [0.25, 0.3) is 0 Å². The van der Waals surface area contributed by atoms with E-state index in [1.54, 1.807) is 14.0 Å². The first-order valence-corrected chi connectivity index (χ1v) is 8.46. The summed E-state index contributed by atoms with van der Waals surface area (Å²) in [5.41, 5.74) is 3.57. The number of hydrogen-bond donors (Lipinski definition) is 3. The first kappa shape index (κ1) is 22.1. The molecule has 3 amide bonds. The van der Waals surface area contributed by atoms with Gasteiger partial charge < -0.3 is 20.1 Å². The minimum atomic E-state index is -0.898. The molecule has 0 aliphatic rings. The molecule has 0 bridgehead atoms. The minimum absolute atomic E-state index is 0.0220. The summed E-state index contributed by atoms with van der Waals surface area (Å²) in [7, 11) is 3.09. The van der Waals surface area contributed by atoms with Crippen LogP contribution < -0.4 is 20.8 Å². The fourth-order valence-corrected chi connectivity index (χ4v) is 2.02. The van der Waals surface area contributed by atoms with Crippen molar-refractivity contribution in [3.05, 3.63) is 29.8 Å². The van der Waals surface area contributed by atoms with Crippen LogP contribution in [-0.4, -0.2) is 57.3 Å². The number of carbonyl (C=O) groups excluding carboxylic acids is 3. The van der Waals surface area contributed by atoms with E-state index in [0.717, 1.165) is 11.3 Å². The van der Waals surface area contributed by atoms with E-state index in [1.807, 2.05) is 24.3 Å². The normalized spacial score (nSPS) is 10.9. The number of hydrogen-bond acceptors (Lipinski definition) is 6. The zero-order chi connectivity index (χ0) is 20.1. The van der Waals surface area contributed by atoms with Crippen LogP contribution in [0.4, 0.5) is 0 Å². The van der Waals surface area contributed by atoms with Crippen molar-refractivity contribution >= 4 is 23.4 Å². The molecule has 0 aliphatic heterocycles. The van der Waals surface area contributed by atoms with E-state index in [4.69, 9.17) is 9.47 Å². The highest BCUT2D eigenvalue weighted by atomic mass is 16.5. The Labute approximate surface area is 158 Å². The first-order chi connectivity index (χ1) is 13.0. The topological polar surface area (TPSA) is 118 Å². The van der Waals surface area contributed by atoms with Gasteiger partial charge in [0.2, 0.25) is 5.91 Å². The lowest BCUT2D eigenvalue weighted by molar-refractivity contribution is -0.139. The standard InChI is InChI=1S/C18H26N4O5/c1-13(21-22-18(25)17(24)20-10-11-26-2)12-16(23)19-9-8-14-4-6-15(27-3)7-5-14/h4-7H,8-12H2,1-3H3,(H,19,23)(H,20,24)(H,22,25)/b21-13-. The van der Waals surface area contributed by atoms with Crippen molar-refractivity contribution in [2.24, 2.45) is 5.10 Å². The summed E-state index contributed by atoms with van der Waals surface area (Å²) in [4.78, 5) is 34.8. The van der Waals surface area contributed by atoms with Crippen LogP contribution in [0.2, 0.25) is 0 Å². The minimum Gasteiger partial charge on any atom is -0.497 e. The maximum atomic E-state index is 11.9. The van der Waals surface area contributed by atoms with Crippen molar-refractivity contribution < 1.29 is 23.9 Å². The molecule has 0 aliphatic carbocycles. The molecule has 0 saturated heterocycles. The first-order valence-electron chi connectivity index (χ1n) is 8.46. The van der Waals surface area contributed by atoms with Crippen molar-refractivity contribution in [1.82, 2.24) is 16.1 Å². The Kier molecular flexibility index (Phi) is 10.2. The Morgan fingerprint density at radius 1 is 1.00 bits per heavy atom. The number of ether oxygens (including phenoxy) is 2. The molecule has 148 valence electrons. The van der Waals surface area contributed by atoms with E-state index in [2.05, 4.69) is 21.2 Å². The smallest absolute Gasteiger partial charge is 0.329 e. The SMILES string of the molecule is COCCNC(=O)C(=O)N/N=C(/C)CC(=O)NCCc1ccc(OC)cc1. The van der Waals surface area contributed by atoms with Crippen molar-refractivity contribution in [2.75, 3.05) is 33.9 Å². The van der Waals surface area contributed by atoms with Gasteiger partial charge in [0.05, 0.1) is 20.1 Å². The molecule has 1 aromatic carbocycles. The fraction of sp³-hybridized carbons (Fsp3) is 0.444. The number of methoxy groups -OCH3 is 2. The van der Waals surface area contributed by atoms with Crippen molar-refractivity contribution in [2.45, 2.75) is 19.8 Å². The third-order valence-corrected chi connectivity index (χ3v) is 3.46. The Bertz CT molecular complexity index is 658.